The Bertz CT molecular complexity index is 709. The van der Waals surface area contributed by atoms with Crippen molar-refractivity contribution >= 4 is 11.6 Å². The van der Waals surface area contributed by atoms with Crippen LogP contribution in [0.1, 0.15) is 17.8 Å². The summed E-state index contributed by atoms with van der Waals surface area (Å²) in [7, 11) is 1.94. The minimum Gasteiger partial charge on any atom is -0.486 e. The van der Waals surface area contributed by atoms with E-state index >= 15 is 0 Å². The van der Waals surface area contributed by atoms with E-state index in [4.69, 9.17) is 4.74 Å². The van der Waals surface area contributed by atoms with E-state index in [-0.39, 0.29) is 30.4 Å². The van der Waals surface area contributed by atoms with Gasteiger partial charge in [0.1, 0.15) is 0 Å². The minimum absolute atomic E-state index is 0.0862. The van der Waals surface area contributed by atoms with Crippen LogP contribution < -0.4 is 10.1 Å². The minimum atomic E-state index is -0.507. The number of carbonyl (C=O) groups excluding carboxylic acids is 1. The molecule has 2 aromatic rings. The Morgan fingerprint density at radius 3 is 2.70 bits per heavy atom. The van der Waals surface area contributed by atoms with Crippen molar-refractivity contribution in [2.45, 2.75) is 19.9 Å². The van der Waals surface area contributed by atoms with E-state index < -0.39 is 4.92 Å². The summed E-state index contributed by atoms with van der Waals surface area (Å²) in [4.78, 5) is 22.2. The molecule has 0 spiro atoms. The number of nitro groups is 1. The number of ether oxygens (including phenoxy) is 1. The summed E-state index contributed by atoms with van der Waals surface area (Å²) in [5, 5.41) is 13.7. The number of rotatable bonds is 7. The first kappa shape index (κ1) is 16.5. The van der Waals surface area contributed by atoms with Crippen molar-refractivity contribution in [3.63, 3.8) is 0 Å². The average Bonchev–Trinajstić information content (AvgIpc) is 2.85. The Hall–Kier alpha value is -2.83. The molecule has 0 atom stereocenters. The third-order valence-corrected chi connectivity index (χ3v) is 3.59. The summed E-state index contributed by atoms with van der Waals surface area (Å²) in [6.45, 7) is 2.52. The first-order valence-corrected chi connectivity index (χ1v) is 7.23. The number of nitrogens with zero attached hydrogens (tertiary/aromatic N) is 2. The maximum atomic E-state index is 11.8. The number of hydrogen-bond donors (Lipinski definition) is 1. The average molecular weight is 317 g/mol. The lowest BCUT2D eigenvalue weighted by Gasteiger charge is -2.09. The summed E-state index contributed by atoms with van der Waals surface area (Å²) >= 11 is 0. The number of aryl methyl sites for hydroxylation is 1. The number of nitro benzene ring substituents is 1. The van der Waals surface area contributed by atoms with E-state index in [1.54, 1.807) is 12.1 Å². The number of amides is 1. The van der Waals surface area contributed by atoms with Crippen molar-refractivity contribution in [1.29, 1.82) is 0 Å². The SMILES string of the molecule is Cc1ccc(CNC(=O)CCOc2ccccc2[N+](=O)[O-])n1C. The van der Waals surface area contributed by atoms with Gasteiger partial charge in [0.15, 0.2) is 5.75 Å². The fourth-order valence-electron chi connectivity index (χ4n) is 2.11. The van der Waals surface area contributed by atoms with Crippen LogP contribution in [0.4, 0.5) is 5.69 Å². The Morgan fingerprint density at radius 2 is 2.04 bits per heavy atom. The summed E-state index contributed by atoms with van der Waals surface area (Å²) < 4.78 is 7.35. The van der Waals surface area contributed by atoms with E-state index in [2.05, 4.69) is 5.32 Å². The van der Waals surface area contributed by atoms with Gasteiger partial charge in [-0.1, -0.05) is 12.1 Å². The van der Waals surface area contributed by atoms with Gasteiger partial charge in [0.2, 0.25) is 5.91 Å². The van der Waals surface area contributed by atoms with Crippen LogP contribution in [0.5, 0.6) is 5.75 Å². The lowest BCUT2D eigenvalue weighted by atomic mass is 10.3. The topological polar surface area (TPSA) is 86.4 Å². The second-order valence-corrected chi connectivity index (χ2v) is 5.13. The molecule has 0 radical (unpaired) electrons. The highest BCUT2D eigenvalue weighted by molar-refractivity contribution is 5.76. The van der Waals surface area contributed by atoms with Gasteiger partial charge < -0.3 is 14.6 Å². The van der Waals surface area contributed by atoms with Crippen LogP contribution >= 0.6 is 0 Å². The Morgan fingerprint density at radius 1 is 1.30 bits per heavy atom. The normalized spacial score (nSPS) is 10.3. The molecule has 0 saturated carbocycles. The lowest BCUT2D eigenvalue weighted by Crippen LogP contribution is -2.25. The molecule has 1 aromatic heterocycles. The molecule has 0 aliphatic heterocycles. The first-order valence-electron chi connectivity index (χ1n) is 7.23. The van der Waals surface area contributed by atoms with Gasteiger partial charge >= 0.3 is 5.69 Å². The van der Waals surface area contributed by atoms with Gasteiger partial charge in [-0.2, -0.15) is 0 Å². The zero-order valence-corrected chi connectivity index (χ0v) is 13.1. The lowest BCUT2D eigenvalue weighted by molar-refractivity contribution is -0.385. The van der Waals surface area contributed by atoms with Crippen molar-refractivity contribution in [3.05, 3.63) is 57.9 Å². The van der Waals surface area contributed by atoms with E-state index in [0.717, 1.165) is 11.4 Å². The van der Waals surface area contributed by atoms with Gasteiger partial charge in [0, 0.05) is 24.5 Å². The number of hydrogen-bond acceptors (Lipinski definition) is 4. The molecule has 0 aliphatic rings. The van der Waals surface area contributed by atoms with E-state index in [0.29, 0.717) is 6.54 Å². The second kappa shape index (κ2) is 7.44. The number of aromatic nitrogens is 1. The summed E-state index contributed by atoms with van der Waals surface area (Å²) in [5.41, 5.74) is 2.02. The molecule has 0 fully saturated rings. The van der Waals surface area contributed by atoms with Crippen molar-refractivity contribution < 1.29 is 14.5 Å². The first-order chi connectivity index (χ1) is 11.0. The fraction of sp³-hybridized carbons (Fsp3) is 0.312. The van der Waals surface area contributed by atoms with Crippen LogP contribution in [0.3, 0.4) is 0 Å². The maximum Gasteiger partial charge on any atom is 0.310 e. The Labute approximate surface area is 134 Å². The highest BCUT2D eigenvalue weighted by Crippen LogP contribution is 2.25. The zero-order chi connectivity index (χ0) is 16.8. The molecule has 122 valence electrons. The largest absolute Gasteiger partial charge is 0.486 e. The number of benzene rings is 1. The summed E-state index contributed by atoms with van der Waals surface area (Å²) in [5.74, 6) is 0.00537. The Balaban J connectivity index is 1.79. The van der Waals surface area contributed by atoms with Crippen LogP contribution in [-0.4, -0.2) is 22.0 Å². The third kappa shape index (κ3) is 4.32. The maximum absolute atomic E-state index is 11.8. The van der Waals surface area contributed by atoms with Gasteiger partial charge in [-0.3, -0.25) is 14.9 Å². The number of para-hydroxylation sites is 2. The highest BCUT2D eigenvalue weighted by Gasteiger charge is 2.14. The van der Waals surface area contributed by atoms with Crippen LogP contribution in [0.25, 0.3) is 0 Å². The standard InChI is InChI=1S/C16H19N3O4/c1-12-7-8-13(18(12)2)11-17-16(20)9-10-23-15-6-4-3-5-14(15)19(21)22/h3-8H,9-11H2,1-2H3,(H,17,20). The van der Waals surface area contributed by atoms with Gasteiger partial charge in [-0.15, -0.1) is 0 Å². The zero-order valence-electron chi connectivity index (χ0n) is 13.1. The van der Waals surface area contributed by atoms with Crippen LogP contribution in [0.2, 0.25) is 0 Å². The third-order valence-electron chi connectivity index (χ3n) is 3.59. The van der Waals surface area contributed by atoms with Gasteiger partial charge in [-0.05, 0) is 25.1 Å². The molecule has 7 heteroatoms. The quantitative estimate of drug-likeness (QED) is 0.627. The predicted molar refractivity (Wildman–Crippen MR) is 85.2 cm³/mol. The smallest absolute Gasteiger partial charge is 0.310 e. The van der Waals surface area contributed by atoms with Crippen molar-refractivity contribution in [3.8, 4) is 5.75 Å². The van der Waals surface area contributed by atoms with Gasteiger partial charge in [0.05, 0.1) is 24.5 Å². The molecular weight excluding hydrogens is 298 g/mol. The molecule has 1 heterocycles. The van der Waals surface area contributed by atoms with Crippen LogP contribution in [0.15, 0.2) is 36.4 Å². The van der Waals surface area contributed by atoms with E-state index in [9.17, 15) is 14.9 Å². The second-order valence-electron chi connectivity index (χ2n) is 5.13. The molecule has 1 amide bonds. The van der Waals surface area contributed by atoms with Crippen molar-refractivity contribution in [1.82, 2.24) is 9.88 Å². The molecule has 0 aliphatic carbocycles. The van der Waals surface area contributed by atoms with Crippen LogP contribution in [-0.2, 0) is 18.4 Å². The number of carbonyl (C=O) groups is 1. The van der Waals surface area contributed by atoms with Crippen LogP contribution in [0, 0.1) is 17.0 Å². The molecular formula is C16H19N3O4. The van der Waals surface area contributed by atoms with Gasteiger partial charge in [-0.25, -0.2) is 0 Å². The molecule has 23 heavy (non-hydrogen) atoms. The molecule has 7 nitrogen and oxygen atoms in total. The monoisotopic (exact) mass is 317 g/mol. The highest BCUT2D eigenvalue weighted by atomic mass is 16.6. The van der Waals surface area contributed by atoms with Crippen molar-refractivity contribution in [2.75, 3.05) is 6.61 Å². The number of nitrogens with one attached hydrogen (secondary N) is 1. The molecule has 1 N–H and O–H groups in total. The van der Waals surface area contributed by atoms with Crippen molar-refractivity contribution in [2.24, 2.45) is 7.05 Å². The molecule has 1 aromatic carbocycles. The predicted octanol–water partition coefficient (Wildman–Crippen LogP) is 2.33. The van der Waals surface area contributed by atoms with Gasteiger partial charge in [0.25, 0.3) is 0 Å². The molecule has 0 bridgehead atoms. The van der Waals surface area contributed by atoms with E-state index in [1.165, 1.54) is 12.1 Å². The Kier molecular flexibility index (Phi) is 5.35. The fourth-order valence-corrected chi connectivity index (χ4v) is 2.11. The molecule has 0 unspecified atom stereocenters. The summed E-state index contributed by atoms with van der Waals surface area (Å²) in [6, 6.07) is 10.0. The molecule has 0 saturated heterocycles. The van der Waals surface area contributed by atoms with E-state index in [1.807, 2.05) is 30.7 Å². The summed E-state index contributed by atoms with van der Waals surface area (Å²) in [6.07, 6.45) is 0.134. The molecule has 2 rings (SSSR count).